The summed E-state index contributed by atoms with van der Waals surface area (Å²) in [6, 6.07) is 11.6. The van der Waals surface area contributed by atoms with Crippen molar-refractivity contribution in [2.75, 3.05) is 32.8 Å². The Balaban J connectivity index is 1.45. The Morgan fingerprint density at radius 2 is 1.76 bits per heavy atom. The SMILES string of the molecule is CCOC(=O)C1=C(N2CCN(C(=O)c3ccco3)CC2)C2CCCCC2N(Cc2ccc(C)cc2)C1=O. The van der Waals surface area contributed by atoms with Crippen LogP contribution >= 0.6 is 0 Å². The summed E-state index contributed by atoms with van der Waals surface area (Å²) in [6.45, 7) is 6.59. The number of piperazine rings is 1. The lowest BCUT2D eigenvalue weighted by molar-refractivity contribution is -0.145. The third-order valence-electron chi connectivity index (χ3n) is 7.80. The average Bonchev–Trinajstić information content (AvgIpc) is 3.46. The predicted octanol–water partition coefficient (Wildman–Crippen LogP) is 3.76. The molecule has 2 unspecified atom stereocenters. The standard InChI is InChI=1S/C29H35N3O5/c1-3-36-29(35)25-26(30-14-16-31(17-15-30)27(33)24-9-6-18-37-24)22-7-4-5-8-23(22)32(28(25)34)19-21-12-10-20(2)11-13-21/h6,9-13,18,22-23H,3-5,7-8,14-17,19H2,1-2H3. The Hall–Kier alpha value is -3.55. The number of esters is 1. The first kappa shape index (κ1) is 25.1. The molecule has 3 heterocycles. The first-order valence-electron chi connectivity index (χ1n) is 13.3. The van der Waals surface area contributed by atoms with E-state index in [4.69, 9.17) is 9.15 Å². The molecule has 2 aromatic rings. The summed E-state index contributed by atoms with van der Waals surface area (Å²) >= 11 is 0. The topological polar surface area (TPSA) is 83.3 Å². The molecule has 8 nitrogen and oxygen atoms in total. The zero-order valence-electron chi connectivity index (χ0n) is 21.7. The molecule has 1 aromatic heterocycles. The van der Waals surface area contributed by atoms with Gasteiger partial charge in [-0.1, -0.05) is 42.7 Å². The highest BCUT2D eigenvalue weighted by Crippen LogP contribution is 2.42. The van der Waals surface area contributed by atoms with Gasteiger partial charge >= 0.3 is 5.97 Å². The van der Waals surface area contributed by atoms with E-state index in [1.54, 1.807) is 24.0 Å². The number of hydrogen-bond donors (Lipinski definition) is 0. The van der Waals surface area contributed by atoms with Gasteiger partial charge in [-0.25, -0.2) is 4.79 Å². The number of benzene rings is 1. The Morgan fingerprint density at radius 3 is 2.43 bits per heavy atom. The second-order valence-corrected chi connectivity index (χ2v) is 10.1. The summed E-state index contributed by atoms with van der Waals surface area (Å²) in [7, 11) is 0. The van der Waals surface area contributed by atoms with Crippen molar-refractivity contribution in [3.8, 4) is 0 Å². The summed E-state index contributed by atoms with van der Waals surface area (Å²) in [5.74, 6) is -0.528. The van der Waals surface area contributed by atoms with Crippen molar-refractivity contribution in [3.05, 3.63) is 70.8 Å². The fourth-order valence-electron chi connectivity index (χ4n) is 5.97. The second-order valence-electron chi connectivity index (χ2n) is 10.1. The zero-order chi connectivity index (χ0) is 25.9. The van der Waals surface area contributed by atoms with E-state index in [2.05, 4.69) is 29.2 Å². The summed E-state index contributed by atoms with van der Waals surface area (Å²) < 4.78 is 10.7. The number of rotatable bonds is 6. The number of fused-ring (bicyclic) bond motifs is 1. The molecular weight excluding hydrogens is 470 g/mol. The van der Waals surface area contributed by atoms with Crippen LogP contribution in [0.15, 0.2) is 58.3 Å². The molecule has 1 saturated heterocycles. The molecule has 8 heteroatoms. The maximum absolute atomic E-state index is 14.0. The van der Waals surface area contributed by atoms with Gasteiger partial charge in [-0.3, -0.25) is 9.59 Å². The van der Waals surface area contributed by atoms with Crippen molar-refractivity contribution in [3.63, 3.8) is 0 Å². The molecule has 196 valence electrons. The van der Waals surface area contributed by atoms with Crippen LogP contribution in [0.25, 0.3) is 0 Å². The molecule has 0 radical (unpaired) electrons. The molecule has 37 heavy (non-hydrogen) atoms. The number of hydrogen-bond acceptors (Lipinski definition) is 6. The average molecular weight is 506 g/mol. The van der Waals surface area contributed by atoms with E-state index in [-0.39, 0.29) is 36.0 Å². The molecule has 0 N–H and O–H groups in total. The molecule has 1 aromatic carbocycles. The summed E-state index contributed by atoms with van der Waals surface area (Å²) in [4.78, 5) is 45.9. The summed E-state index contributed by atoms with van der Waals surface area (Å²) in [6.07, 6.45) is 5.46. The highest BCUT2D eigenvalue weighted by molar-refractivity contribution is 6.17. The largest absolute Gasteiger partial charge is 0.462 e. The molecule has 1 aliphatic carbocycles. The third-order valence-corrected chi connectivity index (χ3v) is 7.80. The van der Waals surface area contributed by atoms with Crippen molar-refractivity contribution in [1.29, 1.82) is 0 Å². The Labute approximate surface area is 217 Å². The number of amides is 2. The van der Waals surface area contributed by atoms with E-state index in [0.29, 0.717) is 38.5 Å². The van der Waals surface area contributed by atoms with Gasteiger partial charge in [0.2, 0.25) is 0 Å². The van der Waals surface area contributed by atoms with Gasteiger partial charge in [0.25, 0.3) is 11.8 Å². The van der Waals surface area contributed by atoms with Gasteiger partial charge in [0.1, 0.15) is 5.57 Å². The highest BCUT2D eigenvalue weighted by Gasteiger charge is 2.47. The molecule has 0 spiro atoms. The second kappa shape index (κ2) is 10.8. The van der Waals surface area contributed by atoms with Gasteiger partial charge in [0.05, 0.1) is 12.9 Å². The van der Waals surface area contributed by atoms with Gasteiger partial charge in [-0.05, 0) is 44.4 Å². The van der Waals surface area contributed by atoms with Crippen LogP contribution in [0.4, 0.5) is 0 Å². The Morgan fingerprint density at radius 1 is 1.03 bits per heavy atom. The molecule has 3 aliphatic rings. The van der Waals surface area contributed by atoms with Crippen LogP contribution in [0.2, 0.25) is 0 Å². The Bertz CT molecular complexity index is 1160. The molecule has 2 aliphatic heterocycles. The third kappa shape index (κ3) is 5.02. The lowest BCUT2D eigenvalue weighted by atomic mass is 9.76. The lowest BCUT2D eigenvalue weighted by Gasteiger charge is -2.49. The minimum atomic E-state index is -0.547. The van der Waals surface area contributed by atoms with Crippen LogP contribution < -0.4 is 0 Å². The molecule has 2 amide bonds. The highest BCUT2D eigenvalue weighted by atomic mass is 16.5. The van der Waals surface area contributed by atoms with Gasteiger partial charge < -0.3 is 23.9 Å². The van der Waals surface area contributed by atoms with E-state index < -0.39 is 5.97 Å². The molecule has 2 atom stereocenters. The molecule has 1 saturated carbocycles. The fourth-order valence-corrected chi connectivity index (χ4v) is 5.97. The van der Waals surface area contributed by atoms with E-state index >= 15 is 0 Å². The number of ether oxygens (including phenoxy) is 1. The number of furan rings is 1. The minimum absolute atomic E-state index is 0.0403. The first-order chi connectivity index (χ1) is 18.0. The quantitative estimate of drug-likeness (QED) is 0.439. The maximum Gasteiger partial charge on any atom is 0.345 e. The van der Waals surface area contributed by atoms with Crippen molar-refractivity contribution < 1.29 is 23.5 Å². The van der Waals surface area contributed by atoms with Crippen molar-refractivity contribution in [2.45, 2.75) is 52.1 Å². The zero-order valence-corrected chi connectivity index (χ0v) is 21.7. The van der Waals surface area contributed by atoms with Crippen LogP contribution in [0, 0.1) is 12.8 Å². The van der Waals surface area contributed by atoms with E-state index in [1.807, 2.05) is 11.8 Å². The molecule has 5 rings (SSSR count). The monoisotopic (exact) mass is 505 g/mol. The van der Waals surface area contributed by atoms with Crippen LogP contribution in [-0.4, -0.2) is 71.3 Å². The van der Waals surface area contributed by atoms with E-state index in [0.717, 1.165) is 36.9 Å². The van der Waals surface area contributed by atoms with Crippen LogP contribution in [0.5, 0.6) is 0 Å². The maximum atomic E-state index is 14.0. The molecule has 0 bridgehead atoms. The number of aryl methyl sites for hydroxylation is 1. The predicted molar refractivity (Wildman–Crippen MR) is 137 cm³/mol. The van der Waals surface area contributed by atoms with Crippen molar-refractivity contribution >= 4 is 17.8 Å². The van der Waals surface area contributed by atoms with Gasteiger partial charge in [-0.15, -0.1) is 0 Å². The van der Waals surface area contributed by atoms with Gasteiger partial charge in [-0.2, -0.15) is 0 Å². The lowest BCUT2D eigenvalue weighted by Crippen LogP contribution is -2.57. The Kier molecular flexibility index (Phi) is 7.35. The number of nitrogens with zero attached hydrogens (tertiary/aromatic N) is 3. The van der Waals surface area contributed by atoms with Gasteiger partial charge in [0, 0.05) is 50.4 Å². The van der Waals surface area contributed by atoms with E-state index in [1.165, 1.54) is 11.8 Å². The van der Waals surface area contributed by atoms with Crippen molar-refractivity contribution in [1.82, 2.24) is 14.7 Å². The first-order valence-corrected chi connectivity index (χ1v) is 13.3. The molecule has 2 fully saturated rings. The van der Waals surface area contributed by atoms with Crippen LogP contribution in [-0.2, 0) is 20.9 Å². The summed E-state index contributed by atoms with van der Waals surface area (Å²) in [5, 5.41) is 0. The van der Waals surface area contributed by atoms with Crippen molar-refractivity contribution in [2.24, 2.45) is 5.92 Å². The summed E-state index contributed by atoms with van der Waals surface area (Å²) in [5.41, 5.74) is 3.21. The minimum Gasteiger partial charge on any atom is -0.462 e. The number of carbonyl (C=O) groups excluding carboxylic acids is 3. The van der Waals surface area contributed by atoms with Crippen LogP contribution in [0.1, 0.15) is 54.3 Å². The van der Waals surface area contributed by atoms with Gasteiger partial charge in [0.15, 0.2) is 5.76 Å². The fraction of sp³-hybridized carbons (Fsp3) is 0.483. The molecular formula is C29H35N3O5. The van der Waals surface area contributed by atoms with Crippen LogP contribution in [0.3, 0.4) is 0 Å². The smallest absolute Gasteiger partial charge is 0.345 e. The number of carbonyl (C=O) groups is 3. The van der Waals surface area contributed by atoms with E-state index in [9.17, 15) is 14.4 Å². The normalized spacial score (nSPS) is 22.2.